The van der Waals surface area contributed by atoms with Crippen LogP contribution < -0.4 is 10.6 Å². The topological polar surface area (TPSA) is 53.1 Å². The number of fused-ring (bicyclic) bond motifs is 1. The van der Waals surface area contributed by atoms with Gasteiger partial charge in [-0.15, -0.1) is 0 Å². The summed E-state index contributed by atoms with van der Waals surface area (Å²) in [6.45, 7) is 3.95. The van der Waals surface area contributed by atoms with Crippen LogP contribution in [0.4, 0.5) is 18.9 Å². The molecular weight excluding hydrogens is 375 g/mol. The summed E-state index contributed by atoms with van der Waals surface area (Å²) in [4.78, 5) is 2.25. The highest BCUT2D eigenvalue weighted by atomic mass is 19.4. The van der Waals surface area contributed by atoms with Gasteiger partial charge in [-0.1, -0.05) is 30.3 Å². The zero-order valence-corrected chi connectivity index (χ0v) is 16.7. The average molecular weight is 401 g/mol. The van der Waals surface area contributed by atoms with Crippen LogP contribution in [0, 0.1) is 5.41 Å². The van der Waals surface area contributed by atoms with E-state index in [2.05, 4.69) is 11.0 Å². The maximum Gasteiger partial charge on any atom is 0.397 e. The summed E-state index contributed by atoms with van der Waals surface area (Å²) in [5.41, 5.74) is 8.89. The van der Waals surface area contributed by atoms with Gasteiger partial charge < -0.3 is 16.0 Å². The van der Waals surface area contributed by atoms with Crippen molar-refractivity contribution in [2.45, 2.75) is 44.8 Å². The zero-order valence-electron chi connectivity index (χ0n) is 16.7. The van der Waals surface area contributed by atoms with Crippen LogP contribution in [0.25, 0.3) is 5.57 Å². The van der Waals surface area contributed by atoms with Crippen LogP contribution in [0.2, 0.25) is 0 Å². The minimum absolute atomic E-state index is 0.269. The van der Waals surface area contributed by atoms with Gasteiger partial charge in [0.15, 0.2) is 0 Å². The van der Waals surface area contributed by atoms with E-state index in [0.29, 0.717) is 12.1 Å². The van der Waals surface area contributed by atoms with Crippen molar-refractivity contribution in [1.82, 2.24) is 0 Å². The summed E-state index contributed by atoms with van der Waals surface area (Å²) in [7, 11) is 0. The van der Waals surface area contributed by atoms with E-state index in [-0.39, 0.29) is 5.56 Å². The standard InChI is InChI=1S/C23H26F3N3/c1-22(2,23(24,25)26)20-8-5-16(6-9-20)15-29-11-3-4-18-12-17(7-10-21(18)29)19(13-27)14-28/h5-10,12-14,27H,3-4,11,15,28H2,1-2H3/b19-14+,27-13?. The van der Waals surface area contributed by atoms with Gasteiger partial charge in [0.2, 0.25) is 0 Å². The van der Waals surface area contributed by atoms with Gasteiger partial charge in [0.25, 0.3) is 0 Å². The second kappa shape index (κ2) is 7.93. The van der Waals surface area contributed by atoms with Gasteiger partial charge in [0.05, 0.1) is 5.41 Å². The highest BCUT2D eigenvalue weighted by Crippen LogP contribution is 2.40. The first-order valence-corrected chi connectivity index (χ1v) is 9.64. The molecule has 6 heteroatoms. The van der Waals surface area contributed by atoms with E-state index in [4.69, 9.17) is 11.1 Å². The molecule has 0 unspecified atom stereocenters. The Hall–Kier alpha value is -2.76. The molecule has 0 bridgehead atoms. The molecule has 2 aromatic carbocycles. The van der Waals surface area contributed by atoms with Gasteiger partial charge in [-0.3, -0.25) is 0 Å². The highest BCUT2D eigenvalue weighted by Gasteiger charge is 2.48. The molecule has 3 rings (SSSR count). The molecule has 3 nitrogen and oxygen atoms in total. The molecule has 0 saturated heterocycles. The number of hydrogen-bond acceptors (Lipinski definition) is 3. The molecule has 1 heterocycles. The molecule has 0 aromatic heterocycles. The minimum atomic E-state index is -4.29. The first-order valence-electron chi connectivity index (χ1n) is 9.64. The maximum absolute atomic E-state index is 13.3. The molecule has 0 atom stereocenters. The van der Waals surface area contributed by atoms with E-state index in [1.54, 1.807) is 24.3 Å². The molecule has 0 fully saturated rings. The van der Waals surface area contributed by atoms with Gasteiger partial charge >= 0.3 is 6.18 Å². The first-order chi connectivity index (χ1) is 13.7. The van der Waals surface area contributed by atoms with E-state index < -0.39 is 11.6 Å². The Morgan fingerprint density at radius 2 is 1.83 bits per heavy atom. The van der Waals surface area contributed by atoms with Gasteiger partial charge in [0.1, 0.15) is 0 Å². The van der Waals surface area contributed by atoms with Crippen LogP contribution in [0.3, 0.4) is 0 Å². The lowest BCUT2D eigenvalue weighted by Crippen LogP contribution is -2.36. The average Bonchev–Trinajstić information content (AvgIpc) is 2.68. The summed E-state index contributed by atoms with van der Waals surface area (Å²) < 4.78 is 39.8. The quantitative estimate of drug-likeness (QED) is 0.657. The Labute approximate surface area is 169 Å². The maximum atomic E-state index is 13.3. The van der Waals surface area contributed by atoms with E-state index in [0.717, 1.165) is 36.2 Å². The number of halogens is 3. The molecule has 1 aliphatic heterocycles. The number of nitrogens with zero attached hydrogens (tertiary/aromatic N) is 1. The molecule has 0 aliphatic carbocycles. The molecule has 2 aromatic rings. The van der Waals surface area contributed by atoms with Crippen molar-refractivity contribution in [3.63, 3.8) is 0 Å². The molecule has 0 saturated carbocycles. The fourth-order valence-electron chi connectivity index (χ4n) is 3.66. The Bertz CT molecular complexity index is 912. The Morgan fingerprint density at radius 1 is 1.14 bits per heavy atom. The number of rotatable bonds is 5. The van der Waals surface area contributed by atoms with Gasteiger partial charge in [0, 0.05) is 36.8 Å². The normalized spacial score (nSPS) is 15.2. The zero-order chi connectivity index (χ0) is 21.2. The SMILES string of the molecule is CC(C)(c1ccc(CN2CCCc3cc(/C(C=N)=C/N)ccc32)cc1)C(F)(F)F. The third kappa shape index (κ3) is 4.16. The lowest BCUT2D eigenvalue weighted by atomic mass is 9.83. The fraction of sp³-hybridized carbons (Fsp3) is 0.348. The number of nitrogens with two attached hydrogens (primary N) is 1. The number of alkyl halides is 3. The number of aryl methyl sites for hydroxylation is 1. The summed E-state index contributed by atoms with van der Waals surface area (Å²) in [5.74, 6) is 0. The molecule has 0 radical (unpaired) electrons. The van der Waals surface area contributed by atoms with Gasteiger partial charge in [-0.2, -0.15) is 13.2 Å². The van der Waals surface area contributed by atoms with Crippen LogP contribution >= 0.6 is 0 Å². The molecule has 0 spiro atoms. The summed E-state index contributed by atoms with van der Waals surface area (Å²) in [6.07, 6.45) is 0.340. The van der Waals surface area contributed by atoms with Crippen molar-refractivity contribution in [3.05, 3.63) is 70.9 Å². The van der Waals surface area contributed by atoms with Crippen LogP contribution in [-0.2, 0) is 18.4 Å². The van der Waals surface area contributed by atoms with Gasteiger partial charge in [-0.25, -0.2) is 0 Å². The molecule has 154 valence electrons. The Kier molecular flexibility index (Phi) is 5.73. The monoisotopic (exact) mass is 401 g/mol. The Balaban J connectivity index is 1.81. The number of anilines is 1. The van der Waals surface area contributed by atoms with Crippen LogP contribution in [0.5, 0.6) is 0 Å². The van der Waals surface area contributed by atoms with Crippen molar-refractivity contribution in [3.8, 4) is 0 Å². The fourth-order valence-corrected chi connectivity index (χ4v) is 3.66. The van der Waals surface area contributed by atoms with Crippen molar-refractivity contribution in [2.75, 3.05) is 11.4 Å². The number of benzene rings is 2. The summed E-state index contributed by atoms with van der Waals surface area (Å²) in [6, 6.07) is 12.8. The third-order valence-corrected chi connectivity index (χ3v) is 5.72. The third-order valence-electron chi connectivity index (χ3n) is 5.72. The molecule has 1 aliphatic rings. The molecule has 3 N–H and O–H groups in total. The van der Waals surface area contributed by atoms with Crippen LogP contribution in [-0.4, -0.2) is 18.9 Å². The smallest absolute Gasteiger partial charge is 0.397 e. The lowest BCUT2D eigenvalue weighted by molar-refractivity contribution is -0.180. The van der Waals surface area contributed by atoms with E-state index in [9.17, 15) is 13.2 Å². The molecule has 29 heavy (non-hydrogen) atoms. The van der Waals surface area contributed by atoms with Crippen LogP contribution in [0.1, 0.15) is 42.5 Å². The molecular formula is C23H26F3N3. The van der Waals surface area contributed by atoms with E-state index in [1.165, 1.54) is 31.8 Å². The second-order valence-corrected chi connectivity index (χ2v) is 7.95. The predicted octanol–water partition coefficient (Wildman–Crippen LogP) is 5.43. The van der Waals surface area contributed by atoms with E-state index >= 15 is 0 Å². The molecule has 0 amide bonds. The van der Waals surface area contributed by atoms with E-state index in [1.807, 2.05) is 12.1 Å². The Morgan fingerprint density at radius 3 is 2.41 bits per heavy atom. The lowest BCUT2D eigenvalue weighted by Gasteiger charge is -2.32. The number of nitrogens with one attached hydrogen (secondary N) is 1. The van der Waals surface area contributed by atoms with Crippen molar-refractivity contribution in [1.29, 1.82) is 5.41 Å². The minimum Gasteiger partial charge on any atom is -0.404 e. The van der Waals surface area contributed by atoms with Crippen LogP contribution in [0.15, 0.2) is 48.7 Å². The van der Waals surface area contributed by atoms with Gasteiger partial charge in [-0.05, 0) is 61.1 Å². The summed E-state index contributed by atoms with van der Waals surface area (Å²) >= 11 is 0. The predicted molar refractivity (Wildman–Crippen MR) is 112 cm³/mol. The van der Waals surface area contributed by atoms with Crippen molar-refractivity contribution >= 4 is 17.5 Å². The number of allylic oxidation sites excluding steroid dienone is 1. The second-order valence-electron chi connectivity index (χ2n) is 7.95. The number of hydrogen-bond donors (Lipinski definition) is 2. The highest BCUT2D eigenvalue weighted by molar-refractivity contribution is 6.08. The van der Waals surface area contributed by atoms with Crippen molar-refractivity contribution < 1.29 is 13.2 Å². The van der Waals surface area contributed by atoms with Crippen molar-refractivity contribution in [2.24, 2.45) is 5.73 Å². The largest absolute Gasteiger partial charge is 0.404 e. The summed E-state index contributed by atoms with van der Waals surface area (Å²) in [5, 5.41) is 7.47. The first kappa shape index (κ1) is 21.0.